The van der Waals surface area contributed by atoms with Crippen LogP contribution in [0.4, 0.5) is 5.69 Å². The van der Waals surface area contributed by atoms with Crippen LogP contribution in [0.25, 0.3) is 0 Å². The van der Waals surface area contributed by atoms with Gasteiger partial charge in [0.1, 0.15) is 12.6 Å². The number of carbonyl (C=O) groups is 2. The van der Waals surface area contributed by atoms with Gasteiger partial charge in [0, 0.05) is 12.1 Å². The number of sulfonamides is 1. The number of amides is 2. The quantitative estimate of drug-likeness (QED) is 0.637. The molecule has 2 aromatic rings. The van der Waals surface area contributed by atoms with Gasteiger partial charge in [0.15, 0.2) is 0 Å². The summed E-state index contributed by atoms with van der Waals surface area (Å²) in [6, 6.07) is 13.9. The maximum Gasteiger partial charge on any atom is 0.244 e. The second-order valence-electron chi connectivity index (χ2n) is 9.41. The van der Waals surface area contributed by atoms with Gasteiger partial charge in [-0.3, -0.25) is 13.9 Å². The summed E-state index contributed by atoms with van der Waals surface area (Å²) in [7, 11) is -3.75. The Morgan fingerprint density at radius 2 is 1.61 bits per heavy atom. The molecule has 0 fully saturated rings. The van der Waals surface area contributed by atoms with Gasteiger partial charge >= 0.3 is 0 Å². The van der Waals surface area contributed by atoms with Crippen molar-refractivity contribution in [2.24, 2.45) is 0 Å². The fourth-order valence-electron chi connectivity index (χ4n) is 3.44. The third-order valence-electron chi connectivity index (χ3n) is 5.39. The molecule has 7 nitrogen and oxygen atoms in total. The van der Waals surface area contributed by atoms with Gasteiger partial charge in [-0.15, -0.1) is 0 Å². The molecule has 1 unspecified atom stereocenters. The summed E-state index contributed by atoms with van der Waals surface area (Å²) in [5.74, 6) is -0.758. The summed E-state index contributed by atoms with van der Waals surface area (Å²) < 4.78 is 26.5. The van der Waals surface area contributed by atoms with Crippen LogP contribution in [0.15, 0.2) is 48.5 Å². The number of nitrogens with one attached hydrogen (secondary N) is 1. The van der Waals surface area contributed by atoms with Gasteiger partial charge in [0.05, 0.1) is 11.9 Å². The van der Waals surface area contributed by atoms with Crippen molar-refractivity contribution < 1.29 is 18.0 Å². The molecule has 0 aromatic heterocycles. The molecule has 0 bridgehead atoms. The van der Waals surface area contributed by atoms with Crippen molar-refractivity contribution in [1.82, 2.24) is 10.2 Å². The van der Waals surface area contributed by atoms with Crippen LogP contribution in [-0.4, -0.2) is 49.5 Å². The number of carbonyl (C=O) groups excluding carboxylic acids is 2. The van der Waals surface area contributed by atoms with E-state index in [9.17, 15) is 18.0 Å². The minimum absolute atomic E-state index is 0.183. The Morgan fingerprint density at radius 1 is 1.00 bits per heavy atom. The lowest BCUT2D eigenvalue weighted by atomic mass is 10.1. The zero-order chi connectivity index (χ0) is 25.0. The fourth-order valence-corrected chi connectivity index (χ4v) is 4.34. The molecule has 2 aromatic carbocycles. The Kier molecular flexibility index (Phi) is 8.30. The van der Waals surface area contributed by atoms with Gasteiger partial charge in [-0.25, -0.2) is 8.42 Å². The van der Waals surface area contributed by atoms with E-state index in [1.165, 1.54) is 4.90 Å². The van der Waals surface area contributed by atoms with Crippen LogP contribution < -0.4 is 9.62 Å². The summed E-state index contributed by atoms with van der Waals surface area (Å²) >= 11 is 0. The maximum atomic E-state index is 13.5. The predicted octanol–water partition coefficient (Wildman–Crippen LogP) is 3.40. The lowest BCUT2D eigenvalue weighted by molar-refractivity contribution is -0.140. The Balaban J connectivity index is 2.42. The van der Waals surface area contributed by atoms with Crippen LogP contribution in [-0.2, 0) is 26.2 Å². The molecule has 1 atom stereocenters. The first-order valence-corrected chi connectivity index (χ1v) is 12.7. The van der Waals surface area contributed by atoms with Crippen LogP contribution in [0.2, 0.25) is 0 Å². The van der Waals surface area contributed by atoms with Crippen molar-refractivity contribution in [2.75, 3.05) is 17.1 Å². The van der Waals surface area contributed by atoms with E-state index in [0.717, 1.165) is 27.3 Å². The first-order valence-electron chi connectivity index (χ1n) is 10.9. The first-order chi connectivity index (χ1) is 15.2. The zero-order valence-electron chi connectivity index (χ0n) is 20.5. The van der Waals surface area contributed by atoms with Crippen LogP contribution in [0, 0.1) is 13.8 Å². The zero-order valence-corrected chi connectivity index (χ0v) is 21.4. The predicted molar refractivity (Wildman–Crippen MR) is 132 cm³/mol. The molecule has 2 rings (SSSR count). The Hall–Kier alpha value is -2.87. The number of hydrogen-bond acceptors (Lipinski definition) is 4. The number of hydrogen-bond donors (Lipinski definition) is 1. The highest BCUT2D eigenvalue weighted by atomic mass is 32.2. The lowest BCUT2D eigenvalue weighted by Gasteiger charge is -2.33. The normalized spacial score (nSPS) is 12.7. The highest BCUT2D eigenvalue weighted by molar-refractivity contribution is 7.92. The van der Waals surface area contributed by atoms with Gasteiger partial charge < -0.3 is 10.2 Å². The fraction of sp³-hybridized carbons (Fsp3) is 0.440. The summed E-state index contributed by atoms with van der Waals surface area (Å²) in [6.07, 6.45) is 1.08. The Labute approximate surface area is 197 Å². The van der Waals surface area contributed by atoms with Crippen LogP contribution in [0.5, 0.6) is 0 Å². The van der Waals surface area contributed by atoms with Crippen molar-refractivity contribution in [3.8, 4) is 0 Å². The standard InChI is InChI=1S/C25H35N3O4S/c1-18-12-11-15-22(19(18)2)28(33(7,31)32)17-23(29)27(16-21-13-9-8-10-14-21)20(3)24(30)26-25(4,5)6/h8-15,20H,16-17H2,1-7H3,(H,26,30). The van der Waals surface area contributed by atoms with E-state index in [1.807, 2.05) is 71.0 Å². The van der Waals surface area contributed by atoms with E-state index >= 15 is 0 Å². The van der Waals surface area contributed by atoms with E-state index in [-0.39, 0.29) is 12.5 Å². The van der Waals surface area contributed by atoms with Crippen molar-refractivity contribution in [3.63, 3.8) is 0 Å². The molecule has 33 heavy (non-hydrogen) atoms. The Bertz CT molecular complexity index is 1090. The summed E-state index contributed by atoms with van der Waals surface area (Å²) in [5, 5.41) is 2.91. The number of aryl methyl sites for hydroxylation is 1. The largest absolute Gasteiger partial charge is 0.350 e. The third kappa shape index (κ3) is 7.32. The van der Waals surface area contributed by atoms with E-state index in [0.29, 0.717) is 5.69 Å². The van der Waals surface area contributed by atoms with Crippen molar-refractivity contribution in [3.05, 3.63) is 65.2 Å². The number of rotatable bonds is 8. The van der Waals surface area contributed by atoms with Crippen molar-refractivity contribution in [1.29, 1.82) is 0 Å². The minimum Gasteiger partial charge on any atom is -0.350 e. The van der Waals surface area contributed by atoms with E-state index in [4.69, 9.17) is 0 Å². The average Bonchev–Trinajstić information content (AvgIpc) is 2.70. The van der Waals surface area contributed by atoms with Gasteiger partial charge in [-0.1, -0.05) is 42.5 Å². The molecule has 2 amide bonds. The SMILES string of the molecule is Cc1cccc(N(CC(=O)N(Cc2ccccc2)C(C)C(=O)NC(C)(C)C)S(C)(=O)=O)c1C. The molecule has 0 saturated heterocycles. The third-order valence-corrected chi connectivity index (χ3v) is 6.51. The van der Waals surface area contributed by atoms with Crippen molar-refractivity contribution in [2.45, 2.75) is 59.7 Å². The highest BCUT2D eigenvalue weighted by Crippen LogP contribution is 2.25. The maximum absolute atomic E-state index is 13.5. The summed E-state index contributed by atoms with van der Waals surface area (Å²) in [5.41, 5.74) is 2.54. The Morgan fingerprint density at radius 3 is 2.15 bits per heavy atom. The molecule has 0 aliphatic carbocycles. The van der Waals surface area contributed by atoms with Gasteiger partial charge in [-0.2, -0.15) is 0 Å². The summed E-state index contributed by atoms with van der Waals surface area (Å²) in [6.45, 7) is 10.8. The smallest absolute Gasteiger partial charge is 0.244 e. The molecule has 1 N–H and O–H groups in total. The van der Waals surface area contributed by atoms with Crippen LogP contribution >= 0.6 is 0 Å². The van der Waals surface area contributed by atoms with Gasteiger partial charge in [0.25, 0.3) is 0 Å². The molecule has 0 radical (unpaired) electrons. The monoisotopic (exact) mass is 473 g/mol. The molecular weight excluding hydrogens is 438 g/mol. The number of nitrogens with zero attached hydrogens (tertiary/aromatic N) is 2. The number of benzene rings is 2. The van der Waals surface area contributed by atoms with Crippen LogP contribution in [0.1, 0.15) is 44.4 Å². The summed E-state index contributed by atoms with van der Waals surface area (Å²) in [4.78, 5) is 27.9. The molecule has 0 saturated carbocycles. The van der Waals surface area contributed by atoms with Gasteiger partial charge in [-0.05, 0) is 64.3 Å². The molecule has 0 heterocycles. The van der Waals surface area contributed by atoms with E-state index in [2.05, 4.69) is 5.32 Å². The molecule has 0 aliphatic heterocycles. The second-order valence-corrected chi connectivity index (χ2v) is 11.3. The second kappa shape index (κ2) is 10.4. The topological polar surface area (TPSA) is 86.8 Å². The molecule has 0 spiro atoms. The average molecular weight is 474 g/mol. The molecule has 0 aliphatic rings. The lowest BCUT2D eigenvalue weighted by Crippen LogP contribution is -2.54. The molecule has 180 valence electrons. The molecule has 8 heteroatoms. The number of anilines is 1. The van der Waals surface area contributed by atoms with Gasteiger partial charge in [0.2, 0.25) is 21.8 Å². The minimum atomic E-state index is -3.75. The molecular formula is C25H35N3O4S. The van der Waals surface area contributed by atoms with Crippen molar-refractivity contribution >= 4 is 27.5 Å². The van der Waals surface area contributed by atoms with E-state index < -0.39 is 34.1 Å². The first kappa shape index (κ1) is 26.4. The van der Waals surface area contributed by atoms with Crippen LogP contribution in [0.3, 0.4) is 0 Å². The van der Waals surface area contributed by atoms with E-state index in [1.54, 1.807) is 19.1 Å². The highest BCUT2D eigenvalue weighted by Gasteiger charge is 2.31.